The predicted octanol–water partition coefficient (Wildman–Crippen LogP) is 4.79. The first-order valence-corrected chi connectivity index (χ1v) is 11.8. The monoisotopic (exact) mass is 458 g/mol. The summed E-state index contributed by atoms with van der Waals surface area (Å²) in [5, 5.41) is 3.02. The van der Waals surface area contributed by atoms with Crippen molar-refractivity contribution in [1.82, 2.24) is 10.2 Å². The third kappa shape index (κ3) is 7.48. The predicted molar refractivity (Wildman–Crippen MR) is 136 cm³/mol. The first-order chi connectivity index (χ1) is 16.5. The fraction of sp³-hybridized carbons (Fsp3) is 0.310. The Kier molecular flexibility index (Phi) is 9.27. The number of amides is 2. The van der Waals surface area contributed by atoms with E-state index in [0.29, 0.717) is 25.8 Å². The maximum atomic E-state index is 13.6. The van der Waals surface area contributed by atoms with E-state index in [1.165, 1.54) is 0 Å². The molecule has 3 aromatic rings. The molecule has 0 radical (unpaired) electrons. The Hall–Kier alpha value is -3.60. The van der Waals surface area contributed by atoms with Gasteiger partial charge in [0.2, 0.25) is 11.8 Å². The summed E-state index contributed by atoms with van der Waals surface area (Å²) in [7, 11) is 1.62. The quantitative estimate of drug-likeness (QED) is 0.449. The molecule has 3 rings (SSSR count). The van der Waals surface area contributed by atoms with Crippen LogP contribution in [0.3, 0.4) is 0 Å². The topological polar surface area (TPSA) is 58.6 Å². The van der Waals surface area contributed by atoms with Gasteiger partial charge in [0.15, 0.2) is 0 Å². The van der Waals surface area contributed by atoms with E-state index < -0.39 is 6.04 Å². The maximum Gasteiger partial charge on any atom is 0.243 e. The highest BCUT2D eigenvalue weighted by Gasteiger charge is 2.30. The smallest absolute Gasteiger partial charge is 0.243 e. The summed E-state index contributed by atoms with van der Waals surface area (Å²) in [6.07, 6.45) is 1.40. The zero-order valence-electron chi connectivity index (χ0n) is 20.2. The van der Waals surface area contributed by atoms with Crippen molar-refractivity contribution in [1.29, 1.82) is 0 Å². The lowest BCUT2D eigenvalue weighted by atomic mass is 10.0. The minimum absolute atomic E-state index is 0.0242. The van der Waals surface area contributed by atoms with Crippen molar-refractivity contribution in [2.45, 2.75) is 51.7 Å². The molecule has 1 atom stereocenters. The molecule has 5 nitrogen and oxygen atoms in total. The van der Waals surface area contributed by atoms with E-state index in [9.17, 15) is 9.59 Å². The van der Waals surface area contributed by atoms with Crippen molar-refractivity contribution >= 4 is 11.8 Å². The van der Waals surface area contributed by atoms with Crippen LogP contribution in [-0.2, 0) is 29.0 Å². The Morgan fingerprint density at radius 3 is 2.09 bits per heavy atom. The van der Waals surface area contributed by atoms with Crippen molar-refractivity contribution in [3.05, 3.63) is 102 Å². The molecule has 0 heterocycles. The molecule has 0 fully saturated rings. The highest BCUT2D eigenvalue weighted by Crippen LogP contribution is 2.20. The van der Waals surface area contributed by atoms with Crippen LogP contribution in [0.2, 0.25) is 0 Å². The van der Waals surface area contributed by atoms with E-state index >= 15 is 0 Å². The lowest BCUT2D eigenvalue weighted by molar-refractivity contribution is -0.141. The molecular formula is C29H34N2O3. The maximum absolute atomic E-state index is 13.6. The summed E-state index contributed by atoms with van der Waals surface area (Å²) in [4.78, 5) is 28.7. The first-order valence-electron chi connectivity index (χ1n) is 11.8. The molecule has 0 bridgehead atoms. The molecule has 0 aliphatic heterocycles. The lowest BCUT2D eigenvalue weighted by Gasteiger charge is -2.32. The third-order valence-electron chi connectivity index (χ3n) is 5.66. The molecule has 34 heavy (non-hydrogen) atoms. The molecule has 0 unspecified atom stereocenters. The average molecular weight is 459 g/mol. The second-order valence-electron chi connectivity index (χ2n) is 8.73. The van der Waals surface area contributed by atoms with Crippen LogP contribution >= 0.6 is 0 Å². The minimum atomic E-state index is -0.626. The van der Waals surface area contributed by atoms with Gasteiger partial charge in [-0.2, -0.15) is 0 Å². The second kappa shape index (κ2) is 12.6. The van der Waals surface area contributed by atoms with Crippen LogP contribution in [0.25, 0.3) is 0 Å². The Labute approximate surface area is 202 Å². The first kappa shape index (κ1) is 25.0. The van der Waals surface area contributed by atoms with E-state index in [1.54, 1.807) is 12.0 Å². The van der Waals surface area contributed by atoms with Gasteiger partial charge in [-0.05, 0) is 49.1 Å². The number of nitrogens with one attached hydrogen (secondary N) is 1. The normalized spacial score (nSPS) is 11.6. The SMILES string of the molecule is COc1cccc(CN(C(=O)CCc2ccccc2)[C@@H](Cc2ccccc2)C(=O)NC(C)C)c1. The number of hydrogen-bond acceptors (Lipinski definition) is 3. The van der Waals surface area contributed by atoms with Crippen LogP contribution in [0.5, 0.6) is 5.75 Å². The number of hydrogen-bond donors (Lipinski definition) is 1. The van der Waals surface area contributed by atoms with Crippen LogP contribution in [0, 0.1) is 0 Å². The Morgan fingerprint density at radius 2 is 1.47 bits per heavy atom. The van der Waals surface area contributed by atoms with Crippen molar-refractivity contribution < 1.29 is 14.3 Å². The fourth-order valence-electron chi connectivity index (χ4n) is 3.94. The Bertz CT molecular complexity index is 1050. The molecule has 1 N–H and O–H groups in total. The van der Waals surface area contributed by atoms with E-state index in [1.807, 2.05) is 98.8 Å². The van der Waals surface area contributed by atoms with Gasteiger partial charge < -0.3 is 15.0 Å². The number of ether oxygens (including phenoxy) is 1. The van der Waals surface area contributed by atoms with Gasteiger partial charge in [0.25, 0.3) is 0 Å². The van der Waals surface area contributed by atoms with E-state index in [4.69, 9.17) is 4.74 Å². The lowest BCUT2D eigenvalue weighted by Crippen LogP contribution is -2.51. The van der Waals surface area contributed by atoms with E-state index in [0.717, 1.165) is 22.4 Å². The molecule has 0 spiro atoms. The number of nitrogens with zero attached hydrogens (tertiary/aromatic N) is 1. The van der Waals surface area contributed by atoms with E-state index in [-0.39, 0.29) is 17.9 Å². The van der Waals surface area contributed by atoms with Gasteiger partial charge in [0.1, 0.15) is 11.8 Å². The van der Waals surface area contributed by atoms with Crippen molar-refractivity contribution in [3.8, 4) is 5.75 Å². The number of benzene rings is 3. The van der Waals surface area contributed by atoms with Crippen molar-refractivity contribution in [3.63, 3.8) is 0 Å². The summed E-state index contributed by atoms with van der Waals surface area (Å²) >= 11 is 0. The van der Waals surface area contributed by atoms with Crippen LogP contribution in [0.15, 0.2) is 84.9 Å². The van der Waals surface area contributed by atoms with Crippen LogP contribution in [-0.4, -0.2) is 35.9 Å². The number of aryl methyl sites for hydroxylation is 1. The Morgan fingerprint density at radius 1 is 0.853 bits per heavy atom. The van der Waals surface area contributed by atoms with Gasteiger partial charge in [0.05, 0.1) is 7.11 Å². The number of rotatable bonds is 11. The van der Waals surface area contributed by atoms with Gasteiger partial charge in [-0.15, -0.1) is 0 Å². The Balaban J connectivity index is 1.91. The number of methoxy groups -OCH3 is 1. The molecule has 0 saturated carbocycles. The second-order valence-corrected chi connectivity index (χ2v) is 8.73. The van der Waals surface area contributed by atoms with Crippen LogP contribution in [0.4, 0.5) is 0 Å². The van der Waals surface area contributed by atoms with Crippen molar-refractivity contribution in [2.24, 2.45) is 0 Å². The van der Waals surface area contributed by atoms with Gasteiger partial charge in [-0.3, -0.25) is 9.59 Å². The molecule has 0 aliphatic rings. The highest BCUT2D eigenvalue weighted by molar-refractivity contribution is 5.88. The molecule has 2 amide bonds. The molecule has 3 aromatic carbocycles. The molecule has 0 aliphatic carbocycles. The largest absolute Gasteiger partial charge is 0.497 e. The van der Waals surface area contributed by atoms with Gasteiger partial charge >= 0.3 is 0 Å². The van der Waals surface area contributed by atoms with Crippen LogP contribution < -0.4 is 10.1 Å². The van der Waals surface area contributed by atoms with Gasteiger partial charge in [-0.25, -0.2) is 0 Å². The summed E-state index contributed by atoms with van der Waals surface area (Å²) in [6.45, 7) is 4.19. The van der Waals surface area contributed by atoms with Crippen LogP contribution in [0.1, 0.15) is 37.0 Å². The van der Waals surface area contributed by atoms with E-state index in [2.05, 4.69) is 5.32 Å². The zero-order valence-corrected chi connectivity index (χ0v) is 20.2. The van der Waals surface area contributed by atoms with Gasteiger partial charge in [-0.1, -0.05) is 72.8 Å². The zero-order chi connectivity index (χ0) is 24.3. The summed E-state index contributed by atoms with van der Waals surface area (Å²) in [5.74, 6) is 0.529. The average Bonchev–Trinajstić information content (AvgIpc) is 2.85. The van der Waals surface area contributed by atoms with Crippen molar-refractivity contribution in [2.75, 3.05) is 7.11 Å². The minimum Gasteiger partial charge on any atom is -0.497 e. The standard InChI is InChI=1S/C29H34N2O3/c1-22(2)30-29(33)27(20-24-13-8-5-9-14-24)31(21-25-15-10-16-26(19-25)34-3)28(32)18-17-23-11-6-4-7-12-23/h4-16,19,22,27H,17-18,20-21H2,1-3H3,(H,30,33)/t27-/m0/s1. The molecule has 0 aromatic heterocycles. The molecule has 178 valence electrons. The highest BCUT2D eigenvalue weighted by atomic mass is 16.5. The number of carbonyl (C=O) groups is 2. The summed E-state index contributed by atoms with van der Waals surface area (Å²) in [5.41, 5.74) is 3.03. The summed E-state index contributed by atoms with van der Waals surface area (Å²) < 4.78 is 5.38. The van der Waals surface area contributed by atoms with Gasteiger partial charge in [0, 0.05) is 25.4 Å². The number of carbonyl (C=O) groups excluding carboxylic acids is 2. The third-order valence-corrected chi connectivity index (χ3v) is 5.66. The molecule has 0 saturated heterocycles. The molecule has 5 heteroatoms. The summed E-state index contributed by atoms with van der Waals surface area (Å²) in [6, 6.07) is 26.8. The fourth-order valence-corrected chi connectivity index (χ4v) is 3.94. The molecular weight excluding hydrogens is 424 g/mol.